The molecule has 0 aliphatic heterocycles. The van der Waals surface area contributed by atoms with Gasteiger partial charge in [0.1, 0.15) is 5.82 Å². The molecule has 0 saturated carbocycles. The highest BCUT2D eigenvalue weighted by molar-refractivity contribution is 5.76. The predicted molar refractivity (Wildman–Crippen MR) is 92.6 cm³/mol. The molecule has 2 aromatic heterocycles. The van der Waals surface area contributed by atoms with Crippen molar-refractivity contribution in [1.82, 2.24) is 25.4 Å². The SMILES string of the molecule is CC[C@H](NC(=O)CCc1nc(-c2ccccc2)no1)c1ncc(C)[nH]1. The number of aryl methyl sites for hydroxylation is 2. The Bertz CT molecular complexity index is 825. The lowest BCUT2D eigenvalue weighted by Gasteiger charge is -2.14. The molecule has 2 heterocycles. The van der Waals surface area contributed by atoms with Crippen molar-refractivity contribution in [3.8, 4) is 11.4 Å². The van der Waals surface area contributed by atoms with Crippen LogP contribution in [-0.2, 0) is 11.2 Å². The smallest absolute Gasteiger partial charge is 0.227 e. The van der Waals surface area contributed by atoms with Crippen LogP contribution in [0.1, 0.15) is 43.2 Å². The minimum absolute atomic E-state index is 0.0691. The molecule has 0 spiro atoms. The number of carbonyl (C=O) groups excluding carboxylic acids is 1. The van der Waals surface area contributed by atoms with Gasteiger partial charge in [-0.1, -0.05) is 42.4 Å². The number of H-pyrrole nitrogens is 1. The predicted octanol–water partition coefficient (Wildman–Crippen LogP) is 2.97. The second-order valence-corrected chi connectivity index (χ2v) is 5.86. The van der Waals surface area contributed by atoms with Crippen LogP contribution in [0.4, 0.5) is 0 Å². The second kappa shape index (κ2) is 7.74. The topological polar surface area (TPSA) is 96.7 Å². The zero-order chi connectivity index (χ0) is 17.6. The maximum atomic E-state index is 12.2. The van der Waals surface area contributed by atoms with Gasteiger partial charge in [-0.3, -0.25) is 4.79 Å². The molecule has 0 aliphatic rings. The molecule has 0 radical (unpaired) electrons. The number of nitrogens with zero attached hydrogens (tertiary/aromatic N) is 3. The van der Waals surface area contributed by atoms with Crippen LogP contribution in [0.5, 0.6) is 0 Å². The summed E-state index contributed by atoms with van der Waals surface area (Å²) >= 11 is 0. The summed E-state index contributed by atoms with van der Waals surface area (Å²) in [7, 11) is 0. The molecule has 3 aromatic rings. The van der Waals surface area contributed by atoms with Crippen molar-refractivity contribution in [2.45, 2.75) is 39.2 Å². The third-order valence-electron chi connectivity index (χ3n) is 3.86. The van der Waals surface area contributed by atoms with Crippen LogP contribution in [0.3, 0.4) is 0 Å². The molecular formula is C18H21N5O2. The Morgan fingerprint density at radius 1 is 1.32 bits per heavy atom. The molecule has 3 rings (SSSR count). The molecule has 0 fully saturated rings. The summed E-state index contributed by atoms with van der Waals surface area (Å²) in [6, 6.07) is 9.47. The van der Waals surface area contributed by atoms with Gasteiger partial charge in [0, 0.05) is 30.3 Å². The van der Waals surface area contributed by atoms with Crippen molar-refractivity contribution in [3.05, 3.63) is 53.9 Å². The zero-order valence-electron chi connectivity index (χ0n) is 14.3. The van der Waals surface area contributed by atoms with Gasteiger partial charge in [-0.25, -0.2) is 4.98 Å². The molecule has 0 aliphatic carbocycles. The van der Waals surface area contributed by atoms with Gasteiger partial charge >= 0.3 is 0 Å². The van der Waals surface area contributed by atoms with E-state index in [-0.39, 0.29) is 18.4 Å². The molecule has 2 N–H and O–H groups in total. The van der Waals surface area contributed by atoms with E-state index in [0.29, 0.717) is 18.1 Å². The summed E-state index contributed by atoms with van der Waals surface area (Å²) in [4.78, 5) is 24.0. The Kier molecular flexibility index (Phi) is 5.23. The Labute approximate surface area is 145 Å². The van der Waals surface area contributed by atoms with Gasteiger partial charge in [0.15, 0.2) is 0 Å². The van der Waals surface area contributed by atoms with Gasteiger partial charge in [0.05, 0.1) is 6.04 Å². The van der Waals surface area contributed by atoms with Gasteiger partial charge in [0.2, 0.25) is 17.6 Å². The van der Waals surface area contributed by atoms with E-state index in [1.807, 2.05) is 44.2 Å². The van der Waals surface area contributed by atoms with Gasteiger partial charge < -0.3 is 14.8 Å². The van der Waals surface area contributed by atoms with Crippen LogP contribution in [0, 0.1) is 6.92 Å². The molecule has 0 bridgehead atoms. The standard InChI is InChI=1S/C18H21N5O2/c1-3-14(18-19-11-12(2)20-18)21-15(24)9-10-16-22-17(23-25-16)13-7-5-4-6-8-13/h4-8,11,14H,3,9-10H2,1-2H3,(H,19,20)(H,21,24)/t14-/m0/s1. The maximum Gasteiger partial charge on any atom is 0.227 e. The van der Waals surface area contributed by atoms with E-state index in [0.717, 1.165) is 23.5 Å². The minimum atomic E-state index is -0.122. The van der Waals surface area contributed by atoms with Crippen LogP contribution in [0.2, 0.25) is 0 Å². The largest absolute Gasteiger partial charge is 0.346 e. The third kappa shape index (κ3) is 4.32. The third-order valence-corrected chi connectivity index (χ3v) is 3.86. The number of imidazole rings is 1. The highest BCUT2D eigenvalue weighted by Crippen LogP contribution is 2.16. The van der Waals surface area contributed by atoms with Crippen LogP contribution in [-0.4, -0.2) is 26.0 Å². The molecule has 0 saturated heterocycles. The normalized spacial score (nSPS) is 12.1. The molecule has 1 atom stereocenters. The Balaban J connectivity index is 1.55. The second-order valence-electron chi connectivity index (χ2n) is 5.86. The van der Waals surface area contributed by atoms with Gasteiger partial charge in [-0.15, -0.1) is 0 Å². The van der Waals surface area contributed by atoms with E-state index in [1.54, 1.807) is 6.20 Å². The van der Waals surface area contributed by atoms with Crippen LogP contribution < -0.4 is 5.32 Å². The van der Waals surface area contributed by atoms with Crippen LogP contribution in [0.15, 0.2) is 41.1 Å². The molecule has 25 heavy (non-hydrogen) atoms. The number of amides is 1. The lowest BCUT2D eigenvalue weighted by atomic mass is 10.2. The van der Waals surface area contributed by atoms with E-state index >= 15 is 0 Å². The summed E-state index contributed by atoms with van der Waals surface area (Å²) in [6.07, 6.45) is 3.21. The van der Waals surface area contributed by atoms with E-state index in [4.69, 9.17) is 4.52 Å². The quantitative estimate of drug-likeness (QED) is 0.690. The summed E-state index contributed by atoms with van der Waals surface area (Å²) in [5.41, 5.74) is 1.86. The number of aromatic nitrogens is 4. The fraction of sp³-hybridized carbons (Fsp3) is 0.333. The minimum Gasteiger partial charge on any atom is -0.346 e. The van der Waals surface area contributed by atoms with Crippen molar-refractivity contribution >= 4 is 5.91 Å². The number of aromatic amines is 1. The van der Waals surface area contributed by atoms with Crippen molar-refractivity contribution in [3.63, 3.8) is 0 Å². The Hall–Kier alpha value is -2.96. The lowest BCUT2D eigenvalue weighted by molar-refractivity contribution is -0.122. The summed E-state index contributed by atoms with van der Waals surface area (Å²) in [5.74, 6) is 1.70. The number of nitrogens with one attached hydrogen (secondary N) is 2. The number of hydrogen-bond acceptors (Lipinski definition) is 5. The first kappa shape index (κ1) is 16.9. The van der Waals surface area contributed by atoms with Gasteiger partial charge in [-0.2, -0.15) is 4.98 Å². The van der Waals surface area contributed by atoms with Gasteiger partial charge in [0.25, 0.3) is 0 Å². The fourth-order valence-corrected chi connectivity index (χ4v) is 2.52. The van der Waals surface area contributed by atoms with Crippen LogP contribution in [0.25, 0.3) is 11.4 Å². The molecular weight excluding hydrogens is 318 g/mol. The van der Waals surface area contributed by atoms with E-state index in [9.17, 15) is 4.79 Å². The molecule has 130 valence electrons. The van der Waals surface area contributed by atoms with Crippen molar-refractivity contribution in [2.75, 3.05) is 0 Å². The average Bonchev–Trinajstić information content (AvgIpc) is 3.28. The number of benzene rings is 1. The van der Waals surface area contributed by atoms with Crippen molar-refractivity contribution in [1.29, 1.82) is 0 Å². The molecule has 1 aromatic carbocycles. The number of hydrogen-bond donors (Lipinski definition) is 2. The van der Waals surface area contributed by atoms with E-state index in [1.165, 1.54) is 0 Å². The van der Waals surface area contributed by atoms with Crippen LogP contribution >= 0.6 is 0 Å². The first-order valence-corrected chi connectivity index (χ1v) is 8.34. The Morgan fingerprint density at radius 3 is 2.80 bits per heavy atom. The summed E-state index contributed by atoms with van der Waals surface area (Å²) in [6.45, 7) is 3.94. The molecule has 1 amide bonds. The summed E-state index contributed by atoms with van der Waals surface area (Å²) in [5, 5.41) is 6.94. The monoisotopic (exact) mass is 339 g/mol. The molecule has 0 unspecified atom stereocenters. The number of carbonyl (C=O) groups is 1. The highest BCUT2D eigenvalue weighted by atomic mass is 16.5. The highest BCUT2D eigenvalue weighted by Gasteiger charge is 2.16. The van der Waals surface area contributed by atoms with Crippen molar-refractivity contribution < 1.29 is 9.32 Å². The Morgan fingerprint density at radius 2 is 2.12 bits per heavy atom. The first-order valence-electron chi connectivity index (χ1n) is 8.34. The zero-order valence-corrected chi connectivity index (χ0v) is 14.3. The maximum absolute atomic E-state index is 12.2. The fourth-order valence-electron chi connectivity index (χ4n) is 2.52. The number of rotatable bonds is 7. The van der Waals surface area contributed by atoms with Crippen molar-refractivity contribution in [2.24, 2.45) is 0 Å². The van der Waals surface area contributed by atoms with E-state index in [2.05, 4.69) is 25.4 Å². The first-order chi connectivity index (χ1) is 12.2. The lowest BCUT2D eigenvalue weighted by Crippen LogP contribution is -2.29. The van der Waals surface area contributed by atoms with Gasteiger partial charge in [-0.05, 0) is 13.3 Å². The molecule has 7 nitrogen and oxygen atoms in total. The molecule has 7 heteroatoms. The average molecular weight is 339 g/mol. The van der Waals surface area contributed by atoms with E-state index < -0.39 is 0 Å². The summed E-state index contributed by atoms with van der Waals surface area (Å²) < 4.78 is 5.23.